The Labute approximate surface area is 146 Å². The molecule has 8 heteroatoms. The average Bonchev–Trinajstić information content (AvgIpc) is 2.89. The Morgan fingerprint density at radius 3 is 2.54 bits per heavy atom. The van der Waals surface area contributed by atoms with E-state index in [-0.39, 0.29) is 35.0 Å². The fraction of sp³-hybridized carbons (Fsp3) is 0.500. The van der Waals surface area contributed by atoms with Crippen LogP contribution in [-0.4, -0.2) is 65.9 Å². The summed E-state index contributed by atoms with van der Waals surface area (Å²) in [5.41, 5.74) is 1.04. The second-order valence-corrected chi connectivity index (χ2v) is 9.30. The standard InChI is InChI=1S/C16H21NO5S2/c18-15(11-23-14-7-9-24(21,22)12-14)17(10-16(19)20)8-6-13-4-2-1-3-5-13/h1-5,14H,6-12H2,(H,19,20). The lowest BCUT2D eigenvalue weighted by molar-refractivity contribution is -0.143. The molecule has 0 aromatic heterocycles. The van der Waals surface area contributed by atoms with Crippen LogP contribution in [0.5, 0.6) is 0 Å². The quantitative estimate of drug-likeness (QED) is 0.735. The molecule has 6 nitrogen and oxygen atoms in total. The van der Waals surface area contributed by atoms with E-state index in [0.717, 1.165) is 5.56 Å². The molecule has 1 unspecified atom stereocenters. The van der Waals surface area contributed by atoms with Gasteiger partial charge in [-0.3, -0.25) is 9.59 Å². The van der Waals surface area contributed by atoms with Gasteiger partial charge < -0.3 is 10.0 Å². The molecule has 1 aromatic rings. The van der Waals surface area contributed by atoms with Crippen LogP contribution < -0.4 is 0 Å². The molecule has 1 aliphatic heterocycles. The van der Waals surface area contributed by atoms with Crippen LogP contribution >= 0.6 is 11.8 Å². The van der Waals surface area contributed by atoms with Gasteiger partial charge in [0.1, 0.15) is 6.54 Å². The molecule has 132 valence electrons. The molecule has 0 radical (unpaired) electrons. The molecule has 0 spiro atoms. The van der Waals surface area contributed by atoms with E-state index in [2.05, 4.69) is 0 Å². The van der Waals surface area contributed by atoms with Gasteiger partial charge in [0.2, 0.25) is 5.91 Å². The summed E-state index contributed by atoms with van der Waals surface area (Å²) in [5, 5.41) is 8.93. The maximum Gasteiger partial charge on any atom is 0.323 e. The topological polar surface area (TPSA) is 91.8 Å². The van der Waals surface area contributed by atoms with Crippen LogP contribution in [0.25, 0.3) is 0 Å². The zero-order chi connectivity index (χ0) is 17.6. The van der Waals surface area contributed by atoms with Crippen LogP contribution in [0.3, 0.4) is 0 Å². The molecule has 24 heavy (non-hydrogen) atoms. The van der Waals surface area contributed by atoms with Crippen LogP contribution in [0.2, 0.25) is 0 Å². The van der Waals surface area contributed by atoms with E-state index < -0.39 is 15.8 Å². The number of carboxylic acids is 1. The van der Waals surface area contributed by atoms with Gasteiger partial charge in [-0.15, -0.1) is 11.8 Å². The summed E-state index contributed by atoms with van der Waals surface area (Å²) in [7, 11) is -2.97. The minimum absolute atomic E-state index is 0.0697. The third-order valence-corrected chi connectivity index (χ3v) is 7.09. The van der Waals surface area contributed by atoms with Gasteiger partial charge in [-0.1, -0.05) is 30.3 Å². The van der Waals surface area contributed by atoms with Crippen LogP contribution in [0, 0.1) is 0 Å². The Bertz CT molecular complexity index is 675. The third-order valence-electron chi connectivity index (χ3n) is 3.83. The van der Waals surface area contributed by atoms with E-state index >= 15 is 0 Å². The number of hydrogen-bond acceptors (Lipinski definition) is 5. The average molecular weight is 371 g/mol. The highest BCUT2D eigenvalue weighted by molar-refractivity contribution is 8.02. The van der Waals surface area contributed by atoms with E-state index in [1.165, 1.54) is 16.7 Å². The van der Waals surface area contributed by atoms with Crippen molar-refractivity contribution in [1.82, 2.24) is 4.90 Å². The number of carbonyl (C=O) groups excluding carboxylic acids is 1. The summed E-state index contributed by atoms with van der Waals surface area (Å²) in [6.07, 6.45) is 1.14. The van der Waals surface area contributed by atoms with Crippen LogP contribution in [0.15, 0.2) is 30.3 Å². The van der Waals surface area contributed by atoms with E-state index in [0.29, 0.717) is 19.4 Å². The van der Waals surface area contributed by atoms with E-state index in [9.17, 15) is 18.0 Å². The first-order valence-corrected chi connectivity index (χ1v) is 10.6. The number of hydrogen-bond donors (Lipinski definition) is 1. The first-order valence-electron chi connectivity index (χ1n) is 7.71. The van der Waals surface area contributed by atoms with Crippen molar-refractivity contribution < 1.29 is 23.1 Å². The largest absolute Gasteiger partial charge is 0.480 e. The van der Waals surface area contributed by atoms with Gasteiger partial charge in [-0.05, 0) is 18.4 Å². The predicted molar refractivity (Wildman–Crippen MR) is 93.9 cm³/mol. The third kappa shape index (κ3) is 6.16. The fourth-order valence-corrected chi connectivity index (χ4v) is 6.08. The lowest BCUT2D eigenvalue weighted by Crippen LogP contribution is -2.38. The number of carbonyl (C=O) groups is 2. The van der Waals surface area contributed by atoms with Gasteiger partial charge in [-0.25, -0.2) is 8.42 Å². The molecular formula is C16H21NO5S2. The zero-order valence-electron chi connectivity index (χ0n) is 13.3. The van der Waals surface area contributed by atoms with Gasteiger partial charge in [0, 0.05) is 11.8 Å². The molecule has 1 aromatic carbocycles. The fourth-order valence-electron chi connectivity index (χ4n) is 2.54. The molecular weight excluding hydrogens is 350 g/mol. The monoisotopic (exact) mass is 371 g/mol. The number of amides is 1. The smallest absolute Gasteiger partial charge is 0.323 e. The van der Waals surface area contributed by atoms with Crippen molar-refractivity contribution in [3.05, 3.63) is 35.9 Å². The molecule has 1 saturated heterocycles. The van der Waals surface area contributed by atoms with Gasteiger partial charge >= 0.3 is 5.97 Å². The molecule has 1 N–H and O–H groups in total. The molecule has 1 atom stereocenters. The molecule has 0 aliphatic carbocycles. The van der Waals surface area contributed by atoms with Crippen molar-refractivity contribution in [1.29, 1.82) is 0 Å². The lowest BCUT2D eigenvalue weighted by Gasteiger charge is -2.21. The van der Waals surface area contributed by atoms with Crippen molar-refractivity contribution in [2.75, 3.05) is 30.3 Å². The van der Waals surface area contributed by atoms with Crippen LogP contribution in [0.1, 0.15) is 12.0 Å². The predicted octanol–water partition coefficient (Wildman–Crippen LogP) is 1.06. The number of rotatable bonds is 8. The number of carboxylic acid groups (broad SMARTS) is 1. The highest BCUT2D eigenvalue weighted by atomic mass is 32.2. The lowest BCUT2D eigenvalue weighted by atomic mass is 10.1. The Morgan fingerprint density at radius 1 is 1.25 bits per heavy atom. The van der Waals surface area contributed by atoms with Gasteiger partial charge in [0.25, 0.3) is 0 Å². The molecule has 0 saturated carbocycles. The van der Waals surface area contributed by atoms with Crippen LogP contribution in [0.4, 0.5) is 0 Å². The minimum atomic E-state index is -2.97. The van der Waals surface area contributed by atoms with E-state index in [4.69, 9.17) is 5.11 Å². The summed E-state index contributed by atoms with van der Waals surface area (Å²) in [4.78, 5) is 24.6. The Morgan fingerprint density at radius 2 is 1.96 bits per heavy atom. The van der Waals surface area contributed by atoms with Crippen molar-refractivity contribution >= 4 is 33.5 Å². The second-order valence-electron chi connectivity index (χ2n) is 5.78. The normalized spacial score (nSPS) is 19.1. The molecule has 1 aliphatic rings. The number of aliphatic carboxylic acids is 1. The Kier molecular flexibility index (Phi) is 6.68. The van der Waals surface area contributed by atoms with E-state index in [1.54, 1.807) is 0 Å². The number of benzene rings is 1. The van der Waals surface area contributed by atoms with Crippen molar-refractivity contribution in [3.63, 3.8) is 0 Å². The number of thioether (sulfide) groups is 1. The molecule has 1 fully saturated rings. The summed E-state index contributed by atoms with van der Waals surface area (Å²) < 4.78 is 22.9. The second kappa shape index (κ2) is 8.53. The summed E-state index contributed by atoms with van der Waals surface area (Å²) in [6.45, 7) is -0.00609. The summed E-state index contributed by atoms with van der Waals surface area (Å²) >= 11 is 1.31. The number of nitrogens with zero attached hydrogens (tertiary/aromatic N) is 1. The maximum atomic E-state index is 12.3. The highest BCUT2D eigenvalue weighted by Gasteiger charge is 2.29. The minimum Gasteiger partial charge on any atom is -0.480 e. The van der Waals surface area contributed by atoms with Crippen LogP contribution in [-0.2, 0) is 25.8 Å². The van der Waals surface area contributed by atoms with E-state index in [1.807, 2.05) is 30.3 Å². The van der Waals surface area contributed by atoms with Crippen molar-refractivity contribution in [2.45, 2.75) is 18.1 Å². The summed E-state index contributed by atoms with van der Waals surface area (Å²) in [6, 6.07) is 9.56. The van der Waals surface area contributed by atoms with Crippen molar-refractivity contribution in [2.24, 2.45) is 0 Å². The Balaban J connectivity index is 1.86. The molecule has 1 heterocycles. The molecule has 2 rings (SSSR count). The summed E-state index contributed by atoms with van der Waals surface area (Å²) in [5.74, 6) is -0.922. The SMILES string of the molecule is O=C(O)CN(CCc1ccccc1)C(=O)CSC1CCS(=O)(=O)C1. The molecule has 1 amide bonds. The zero-order valence-corrected chi connectivity index (χ0v) is 14.9. The highest BCUT2D eigenvalue weighted by Crippen LogP contribution is 2.24. The maximum absolute atomic E-state index is 12.3. The first-order chi connectivity index (χ1) is 11.4. The van der Waals surface area contributed by atoms with Crippen molar-refractivity contribution in [3.8, 4) is 0 Å². The van der Waals surface area contributed by atoms with Gasteiger partial charge in [-0.2, -0.15) is 0 Å². The Hall–Kier alpha value is -1.54. The number of sulfone groups is 1. The van der Waals surface area contributed by atoms with Gasteiger partial charge in [0.15, 0.2) is 9.84 Å². The molecule has 0 bridgehead atoms. The van der Waals surface area contributed by atoms with Gasteiger partial charge in [0.05, 0.1) is 17.3 Å². The first kappa shape index (κ1) is 18.8.